The van der Waals surface area contributed by atoms with Gasteiger partial charge in [0, 0.05) is 17.6 Å². The number of carbonyl (C=O) groups excluding carboxylic acids is 2. The number of anilines is 1. The van der Waals surface area contributed by atoms with Crippen LogP contribution in [0.3, 0.4) is 0 Å². The first kappa shape index (κ1) is 28.7. The van der Waals surface area contributed by atoms with Crippen LogP contribution < -0.4 is 9.62 Å². The van der Waals surface area contributed by atoms with Crippen LogP contribution in [0.2, 0.25) is 5.02 Å². The molecule has 0 unspecified atom stereocenters. The molecule has 0 aliphatic carbocycles. The number of para-hydroxylation sites is 1. The van der Waals surface area contributed by atoms with E-state index in [-0.39, 0.29) is 24.4 Å². The topological polar surface area (TPSA) is 86.8 Å². The predicted molar refractivity (Wildman–Crippen MR) is 142 cm³/mol. The van der Waals surface area contributed by atoms with Crippen molar-refractivity contribution in [1.82, 2.24) is 10.2 Å². The molecule has 0 aliphatic rings. The van der Waals surface area contributed by atoms with E-state index < -0.39 is 28.5 Å². The van der Waals surface area contributed by atoms with Gasteiger partial charge in [0.05, 0.1) is 11.9 Å². The number of benzene rings is 2. The Balaban J connectivity index is 2.47. The summed E-state index contributed by atoms with van der Waals surface area (Å²) in [7, 11) is -3.79. The van der Waals surface area contributed by atoms with E-state index in [4.69, 9.17) is 11.6 Å². The molecule has 0 aliphatic heterocycles. The molecule has 0 spiro atoms. The summed E-state index contributed by atoms with van der Waals surface area (Å²) < 4.78 is 26.8. The highest BCUT2D eigenvalue weighted by molar-refractivity contribution is 7.92. The summed E-state index contributed by atoms with van der Waals surface area (Å²) in [6, 6.07) is 13.3. The van der Waals surface area contributed by atoms with Crippen molar-refractivity contribution in [1.29, 1.82) is 0 Å². The van der Waals surface area contributed by atoms with Crippen molar-refractivity contribution in [3.63, 3.8) is 0 Å². The Hall–Kier alpha value is -2.58. The number of halogens is 1. The Labute approximate surface area is 214 Å². The summed E-state index contributed by atoms with van der Waals surface area (Å²) in [5, 5.41) is 3.37. The van der Waals surface area contributed by atoms with Crippen molar-refractivity contribution in [3.05, 3.63) is 64.7 Å². The lowest BCUT2D eigenvalue weighted by atomic mass is 10.0. The van der Waals surface area contributed by atoms with Crippen LogP contribution in [0.15, 0.2) is 48.5 Å². The van der Waals surface area contributed by atoms with Gasteiger partial charge >= 0.3 is 0 Å². The van der Waals surface area contributed by atoms with Gasteiger partial charge in [-0.1, -0.05) is 68.8 Å². The molecule has 2 amide bonds. The van der Waals surface area contributed by atoms with E-state index in [0.29, 0.717) is 16.3 Å². The average Bonchev–Trinajstić information content (AvgIpc) is 2.80. The van der Waals surface area contributed by atoms with Gasteiger partial charge in [0.1, 0.15) is 12.6 Å². The zero-order valence-electron chi connectivity index (χ0n) is 21.3. The van der Waals surface area contributed by atoms with Gasteiger partial charge in [-0.05, 0) is 49.4 Å². The second kappa shape index (κ2) is 12.4. The van der Waals surface area contributed by atoms with Crippen molar-refractivity contribution < 1.29 is 18.0 Å². The molecule has 0 heterocycles. The minimum absolute atomic E-state index is 0.0463. The van der Waals surface area contributed by atoms with E-state index in [1.165, 1.54) is 4.90 Å². The van der Waals surface area contributed by atoms with Crippen LogP contribution in [0.1, 0.15) is 58.1 Å². The van der Waals surface area contributed by atoms with Gasteiger partial charge in [0.2, 0.25) is 21.8 Å². The van der Waals surface area contributed by atoms with E-state index in [9.17, 15) is 18.0 Å². The quantitative estimate of drug-likeness (QED) is 0.469. The van der Waals surface area contributed by atoms with E-state index in [2.05, 4.69) is 5.32 Å². The minimum atomic E-state index is -3.79. The van der Waals surface area contributed by atoms with E-state index in [1.54, 1.807) is 43.3 Å². The molecule has 0 saturated heterocycles. The molecule has 7 nitrogen and oxygen atoms in total. The van der Waals surface area contributed by atoms with Crippen LogP contribution >= 0.6 is 11.6 Å². The summed E-state index contributed by atoms with van der Waals surface area (Å²) in [6.07, 6.45) is 1.82. The molecular formula is C26H36ClN3O4S. The van der Waals surface area contributed by atoms with Gasteiger partial charge in [-0.15, -0.1) is 0 Å². The van der Waals surface area contributed by atoms with Gasteiger partial charge in [0.15, 0.2) is 0 Å². The van der Waals surface area contributed by atoms with Crippen molar-refractivity contribution in [2.24, 2.45) is 0 Å². The predicted octanol–water partition coefficient (Wildman–Crippen LogP) is 4.56. The number of nitrogens with one attached hydrogen (secondary N) is 1. The first-order chi connectivity index (χ1) is 16.4. The third-order valence-electron chi connectivity index (χ3n) is 5.97. The molecule has 9 heteroatoms. The molecule has 0 aromatic heterocycles. The molecule has 192 valence electrons. The molecule has 2 atom stereocenters. The van der Waals surface area contributed by atoms with Crippen LogP contribution in [0.4, 0.5) is 5.69 Å². The van der Waals surface area contributed by atoms with Crippen molar-refractivity contribution in [3.8, 4) is 0 Å². The van der Waals surface area contributed by atoms with Gasteiger partial charge in [0.25, 0.3) is 0 Å². The van der Waals surface area contributed by atoms with Gasteiger partial charge in [-0.3, -0.25) is 13.9 Å². The fraction of sp³-hybridized carbons (Fsp3) is 0.462. The lowest BCUT2D eigenvalue weighted by Crippen LogP contribution is -2.52. The number of nitrogens with zero attached hydrogens (tertiary/aromatic N) is 2. The first-order valence-corrected chi connectivity index (χ1v) is 14.0. The molecule has 2 aromatic carbocycles. The van der Waals surface area contributed by atoms with Gasteiger partial charge in [-0.2, -0.15) is 0 Å². The SMILES string of the molecule is CC[C@@H](C)NC(=O)[C@@H](C)N(Cc1ccccc1Cl)C(=O)CN(c1ccccc1C(C)C)S(C)(=O)=O. The van der Waals surface area contributed by atoms with Gasteiger partial charge < -0.3 is 10.2 Å². The average molecular weight is 522 g/mol. The highest BCUT2D eigenvalue weighted by atomic mass is 35.5. The minimum Gasteiger partial charge on any atom is -0.352 e. The largest absolute Gasteiger partial charge is 0.352 e. The summed E-state index contributed by atoms with van der Waals surface area (Å²) in [6.45, 7) is 9.04. The van der Waals surface area contributed by atoms with Crippen LogP contribution in [0.25, 0.3) is 0 Å². The summed E-state index contributed by atoms with van der Waals surface area (Å²) in [4.78, 5) is 28.0. The normalized spacial score (nSPS) is 13.3. The first-order valence-electron chi connectivity index (χ1n) is 11.8. The standard InChI is InChI=1S/C26H36ClN3O4S/c1-7-19(4)28-26(32)20(5)29(16-21-12-8-10-14-23(21)27)25(31)17-30(35(6,33)34)24-15-11-9-13-22(24)18(2)3/h8-15,18-20H,7,16-17H2,1-6H3,(H,28,32)/t19-,20-/m1/s1. The van der Waals surface area contributed by atoms with Crippen LogP contribution in [-0.4, -0.2) is 50.0 Å². The van der Waals surface area contributed by atoms with E-state index in [0.717, 1.165) is 22.5 Å². The number of hydrogen-bond donors (Lipinski definition) is 1. The van der Waals surface area contributed by atoms with Crippen LogP contribution in [0.5, 0.6) is 0 Å². The van der Waals surface area contributed by atoms with E-state index >= 15 is 0 Å². The Morgan fingerprint density at radius 1 is 1.00 bits per heavy atom. The molecule has 2 aromatic rings. The second-order valence-electron chi connectivity index (χ2n) is 9.09. The zero-order chi connectivity index (χ0) is 26.3. The molecule has 2 rings (SSSR count). The Bertz CT molecular complexity index is 1140. The maximum Gasteiger partial charge on any atom is 0.244 e. The maximum atomic E-state index is 13.7. The lowest BCUT2D eigenvalue weighted by Gasteiger charge is -2.33. The smallest absolute Gasteiger partial charge is 0.244 e. The lowest BCUT2D eigenvalue weighted by molar-refractivity contribution is -0.139. The zero-order valence-corrected chi connectivity index (χ0v) is 22.9. The van der Waals surface area contributed by atoms with Crippen molar-refractivity contribution >= 4 is 39.1 Å². The van der Waals surface area contributed by atoms with Crippen molar-refractivity contribution in [2.45, 2.75) is 65.6 Å². The molecule has 35 heavy (non-hydrogen) atoms. The fourth-order valence-electron chi connectivity index (χ4n) is 3.66. The number of sulfonamides is 1. The summed E-state index contributed by atoms with van der Waals surface area (Å²) in [5.74, 6) is -0.765. The van der Waals surface area contributed by atoms with Crippen LogP contribution in [0, 0.1) is 0 Å². The molecule has 1 N–H and O–H groups in total. The van der Waals surface area contributed by atoms with E-state index in [1.807, 2.05) is 39.8 Å². The third-order valence-corrected chi connectivity index (χ3v) is 7.47. The third kappa shape index (κ3) is 7.70. The highest BCUT2D eigenvalue weighted by Crippen LogP contribution is 2.29. The van der Waals surface area contributed by atoms with Gasteiger partial charge in [-0.25, -0.2) is 8.42 Å². The summed E-state index contributed by atoms with van der Waals surface area (Å²) in [5.41, 5.74) is 1.93. The number of hydrogen-bond acceptors (Lipinski definition) is 4. The number of carbonyl (C=O) groups is 2. The monoisotopic (exact) mass is 521 g/mol. The molecular weight excluding hydrogens is 486 g/mol. The Kier molecular flexibility index (Phi) is 10.2. The highest BCUT2D eigenvalue weighted by Gasteiger charge is 2.31. The maximum absolute atomic E-state index is 13.7. The second-order valence-corrected chi connectivity index (χ2v) is 11.4. The van der Waals surface area contributed by atoms with Crippen LogP contribution in [-0.2, 0) is 26.2 Å². The Morgan fingerprint density at radius 2 is 1.60 bits per heavy atom. The van der Waals surface area contributed by atoms with Crippen molar-refractivity contribution in [2.75, 3.05) is 17.1 Å². The Morgan fingerprint density at radius 3 is 2.17 bits per heavy atom. The summed E-state index contributed by atoms with van der Waals surface area (Å²) >= 11 is 6.35. The fourth-order valence-corrected chi connectivity index (χ4v) is 4.72. The number of rotatable bonds is 11. The molecule has 0 saturated carbocycles. The number of amides is 2. The molecule has 0 bridgehead atoms. The molecule has 0 radical (unpaired) electrons. The molecule has 0 fully saturated rings.